The van der Waals surface area contributed by atoms with Gasteiger partial charge in [-0.2, -0.15) is 0 Å². The first kappa shape index (κ1) is 28.0. The standard InChI is InChI=1S/C31H20Cl2FNO6/c32-16-15-27(28(36)18-5-8-20(34)9-6-18)41-31(39)19-7-14-23-24(17-19)30(38)35(29(23)37)21-10-12-22(13-11-21)40-26-4-2-1-3-25(26)33/h1-14,17,27H,15-16H2. The predicted molar refractivity (Wildman–Crippen MR) is 151 cm³/mol. The zero-order valence-corrected chi connectivity index (χ0v) is 22.7. The van der Waals surface area contributed by atoms with Gasteiger partial charge in [-0.05, 0) is 78.9 Å². The van der Waals surface area contributed by atoms with Crippen LogP contribution in [0.1, 0.15) is 47.9 Å². The zero-order valence-electron chi connectivity index (χ0n) is 21.2. The molecule has 7 nitrogen and oxygen atoms in total. The highest BCUT2D eigenvalue weighted by atomic mass is 35.5. The number of hydrogen-bond acceptors (Lipinski definition) is 6. The van der Waals surface area contributed by atoms with Gasteiger partial charge in [0.25, 0.3) is 11.8 Å². The van der Waals surface area contributed by atoms with Crippen LogP contribution in [0, 0.1) is 5.82 Å². The number of nitrogens with zero attached hydrogens (tertiary/aromatic N) is 1. The summed E-state index contributed by atoms with van der Waals surface area (Å²) in [6, 6.07) is 22.0. The van der Waals surface area contributed by atoms with Crippen molar-refractivity contribution in [3.63, 3.8) is 0 Å². The monoisotopic (exact) mass is 591 g/mol. The average molecular weight is 592 g/mol. The summed E-state index contributed by atoms with van der Waals surface area (Å²) in [4.78, 5) is 53.2. The highest BCUT2D eigenvalue weighted by molar-refractivity contribution is 6.34. The van der Waals surface area contributed by atoms with Gasteiger partial charge in [0, 0.05) is 17.9 Å². The number of rotatable bonds is 9. The van der Waals surface area contributed by atoms with Crippen molar-refractivity contribution >= 4 is 52.5 Å². The molecule has 1 unspecified atom stereocenters. The molecular weight excluding hydrogens is 572 g/mol. The summed E-state index contributed by atoms with van der Waals surface area (Å²) >= 11 is 12.0. The van der Waals surface area contributed by atoms with E-state index in [1.165, 1.54) is 30.3 Å². The van der Waals surface area contributed by atoms with Gasteiger partial charge in [0.05, 0.1) is 27.4 Å². The molecule has 4 aromatic carbocycles. The molecule has 206 valence electrons. The van der Waals surface area contributed by atoms with E-state index in [1.807, 2.05) is 0 Å². The van der Waals surface area contributed by atoms with Crippen molar-refractivity contribution in [1.82, 2.24) is 0 Å². The number of alkyl halides is 1. The largest absolute Gasteiger partial charge is 0.456 e. The lowest BCUT2D eigenvalue weighted by atomic mass is 10.0. The summed E-state index contributed by atoms with van der Waals surface area (Å²) in [6.45, 7) is 0. The Morgan fingerprint density at radius 3 is 2.17 bits per heavy atom. The molecule has 4 aromatic rings. The quantitative estimate of drug-likeness (QED) is 0.0891. The summed E-state index contributed by atoms with van der Waals surface area (Å²) < 4.78 is 24.5. The lowest BCUT2D eigenvalue weighted by Crippen LogP contribution is -2.29. The average Bonchev–Trinajstić information content (AvgIpc) is 3.23. The smallest absolute Gasteiger partial charge is 0.338 e. The third kappa shape index (κ3) is 5.84. The first-order valence-corrected chi connectivity index (χ1v) is 13.3. The van der Waals surface area contributed by atoms with Gasteiger partial charge in [-0.15, -0.1) is 11.6 Å². The lowest BCUT2D eigenvalue weighted by molar-refractivity contribution is 0.0278. The molecule has 0 radical (unpaired) electrons. The van der Waals surface area contributed by atoms with Crippen molar-refractivity contribution in [2.24, 2.45) is 0 Å². The molecule has 1 aliphatic rings. The number of carbonyl (C=O) groups is 4. The first-order valence-electron chi connectivity index (χ1n) is 12.4. The fourth-order valence-corrected chi connectivity index (χ4v) is 4.63. The number of amides is 2. The topological polar surface area (TPSA) is 90.0 Å². The van der Waals surface area contributed by atoms with Crippen molar-refractivity contribution in [2.45, 2.75) is 12.5 Å². The molecule has 0 N–H and O–H groups in total. The Labute approximate surface area is 244 Å². The number of anilines is 1. The third-order valence-electron chi connectivity index (χ3n) is 6.32. The fraction of sp³-hybridized carbons (Fsp3) is 0.0968. The van der Waals surface area contributed by atoms with Crippen molar-refractivity contribution in [3.8, 4) is 11.5 Å². The van der Waals surface area contributed by atoms with Crippen LogP contribution in [0.25, 0.3) is 0 Å². The third-order valence-corrected chi connectivity index (χ3v) is 6.85. The molecule has 41 heavy (non-hydrogen) atoms. The van der Waals surface area contributed by atoms with Crippen LogP contribution in [0.3, 0.4) is 0 Å². The highest BCUT2D eigenvalue weighted by Crippen LogP contribution is 2.33. The van der Waals surface area contributed by atoms with Gasteiger partial charge in [-0.1, -0.05) is 23.7 Å². The maximum atomic E-state index is 13.3. The molecule has 2 amide bonds. The Hall–Kier alpha value is -4.53. The van der Waals surface area contributed by atoms with E-state index < -0.39 is 35.5 Å². The van der Waals surface area contributed by atoms with E-state index in [1.54, 1.807) is 48.5 Å². The molecule has 5 rings (SSSR count). The molecule has 1 atom stereocenters. The van der Waals surface area contributed by atoms with Crippen LogP contribution in [-0.4, -0.2) is 35.6 Å². The fourth-order valence-electron chi connectivity index (χ4n) is 4.26. The van der Waals surface area contributed by atoms with E-state index in [-0.39, 0.29) is 34.6 Å². The summed E-state index contributed by atoms with van der Waals surface area (Å²) in [5.74, 6) is -2.19. The first-order chi connectivity index (χ1) is 19.8. The summed E-state index contributed by atoms with van der Waals surface area (Å²) in [7, 11) is 0. The molecule has 0 bridgehead atoms. The Morgan fingerprint density at radius 1 is 0.829 bits per heavy atom. The second-order valence-corrected chi connectivity index (χ2v) is 9.76. The zero-order chi connectivity index (χ0) is 29.1. The van der Waals surface area contributed by atoms with Crippen LogP contribution in [0.4, 0.5) is 10.1 Å². The highest BCUT2D eigenvalue weighted by Gasteiger charge is 2.37. The van der Waals surface area contributed by atoms with E-state index >= 15 is 0 Å². The van der Waals surface area contributed by atoms with Crippen LogP contribution >= 0.6 is 23.2 Å². The lowest BCUT2D eigenvalue weighted by Gasteiger charge is -2.16. The molecule has 0 saturated heterocycles. The van der Waals surface area contributed by atoms with E-state index in [9.17, 15) is 23.6 Å². The molecule has 10 heteroatoms. The molecule has 0 spiro atoms. The molecule has 1 heterocycles. The number of imide groups is 1. The number of ether oxygens (including phenoxy) is 2. The normalized spacial score (nSPS) is 13.1. The Bertz CT molecular complexity index is 1660. The van der Waals surface area contributed by atoms with E-state index in [0.717, 1.165) is 17.0 Å². The number of ketones is 1. The Kier molecular flexibility index (Phi) is 8.14. The van der Waals surface area contributed by atoms with Gasteiger partial charge in [-0.3, -0.25) is 14.4 Å². The van der Waals surface area contributed by atoms with Crippen LogP contribution in [0.2, 0.25) is 5.02 Å². The number of fused-ring (bicyclic) bond motifs is 1. The number of Topliss-reactive ketones (excluding diaryl/α,β-unsaturated/α-hetero) is 1. The Balaban J connectivity index is 1.32. The minimum Gasteiger partial charge on any atom is -0.456 e. The van der Waals surface area contributed by atoms with Crippen molar-refractivity contribution in [2.75, 3.05) is 10.8 Å². The molecule has 0 aromatic heterocycles. The van der Waals surface area contributed by atoms with Crippen LogP contribution in [-0.2, 0) is 4.74 Å². The molecule has 0 fully saturated rings. The van der Waals surface area contributed by atoms with E-state index in [0.29, 0.717) is 22.2 Å². The SMILES string of the molecule is O=C(OC(CCCl)C(=O)c1ccc(F)cc1)c1ccc2c(c1)C(=O)N(c1ccc(Oc3ccccc3Cl)cc1)C2=O. The number of para-hydroxylation sites is 1. The van der Waals surface area contributed by atoms with Crippen molar-refractivity contribution < 1.29 is 33.0 Å². The maximum absolute atomic E-state index is 13.3. The van der Waals surface area contributed by atoms with Gasteiger partial charge in [0.15, 0.2) is 6.10 Å². The molecule has 0 saturated carbocycles. The Morgan fingerprint density at radius 2 is 1.49 bits per heavy atom. The molecule has 0 aliphatic carbocycles. The molecular formula is C31H20Cl2FNO6. The molecule has 1 aliphatic heterocycles. The number of benzene rings is 4. The minimum atomic E-state index is -1.22. The predicted octanol–water partition coefficient (Wildman–Crippen LogP) is 7.11. The van der Waals surface area contributed by atoms with E-state index in [4.69, 9.17) is 32.7 Å². The number of halogens is 3. The second kappa shape index (κ2) is 11.9. The number of hydrogen-bond donors (Lipinski definition) is 0. The van der Waals surface area contributed by atoms with Crippen LogP contribution < -0.4 is 9.64 Å². The maximum Gasteiger partial charge on any atom is 0.338 e. The summed E-state index contributed by atoms with van der Waals surface area (Å²) in [5.41, 5.74) is 0.561. The summed E-state index contributed by atoms with van der Waals surface area (Å²) in [6.07, 6.45) is -1.20. The van der Waals surface area contributed by atoms with Crippen LogP contribution in [0.15, 0.2) is 91.0 Å². The van der Waals surface area contributed by atoms with Gasteiger partial charge < -0.3 is 9.47 Å². The second-order valence-electron chi connectivity index (χ2n) is 8.98. The van der Waals surface area contributed by atoms with Crippen molar-refractivity contribution in [3.05, 3.63) is 124 Å². The van der Waals surface area contributed by atoms with E-state index in [2.05, 4.69) is 0 Å². The van der Waals surface area contributed by atoms with Crippen LogP contribution in [0.5, 0.6) is 11.5 Å². The number of carbonyl (C=O) groups excluding carboxylic acids is 4. The van der Waals surface area contributed by atoms with Gasteiger partial charge >= 0.3 is 5.97 Å². The van der Waals surface area contributed by atoms with Gasteiger partial charge in [0.1, 0.15) is 17.3 Å². The van der Waals surface area contributed by atoms with Crippen molar-refractivity contribution in [1.29, 1.82) is 0 Å². The summed E-state index contributed by atoms with van der Waals surface area (Å²) in [5, 5.41) is 0.431. The van der Waals surface area contributed by atoms with Gasteiger partial charge in [-0.25, -0.2) is 14.1 Å². The minimum absolute atomic E-state index is 0.0135. The number of esters is 1. The van der Waals surface area contributed by atoms with Gasteiger partial charge in [0.2, 0.25) is 5.78 Å².